The first kappa shape index (κ1) is 29.8. The molecule has 2 aromatic rings. The molecule has 0 aliphatic heterocycles. The first-order valence-electron chi connectivity index (χ1n) is 11.9. The van der Waals surface area contributed by atoms with Crippen molar-refractivity contribution in [3.05, 3.63) is 48.0 Å². The molecule has 0 radical (unpaired) electrons. The molecule has 2 aromatic carbocycles. The summed E-state index contributed by atoms with van der Waals surface area (Å²) in [5.41, 5.74) is 0.904. The van der Waals surface area contributed by atoms with Gasteiger partial charge in [0.25, 0.3) is 0 Å². The third-order valence-electron chi connectivity index (χ3n) is 5.99. The number of hydrogen-bond donors (Lipinski definition) is 1. The summed E-state index contributed by atoms with van der Waals surface area (Å²) in [5, 5.41) is 2.90. The topological polar surface area (TPSA) is 114 Å². The first-order valence-corrected chi connectivity index (χ1v) is 13.7. The number of nitrogens with zero attached hydrogens (tertiary/aromatic N) is 2. The van der Waals surface area contributed by atoms with Gasteiger partial charge in [0.15, 0.2) is 0 Å². The van der Waals surface area contributed by atoms with Crippen molar-refractivity contribution in [2.45, 2.75) is 45.8 Å². The number of hydrogen-bond acceptors (Lipinski definition) is 7. The zero-order chi connectivity index (χ0) is 27.8. The molecule has 0 heterocycles. The molecule has 0 spiro atoms. The van der Waals surface area contributed by atoms with Gasteiger partial charge in [0.05, 0.1) is 33.3 Å². The molecule has 0 saturated heterocycles. The summed E-state index contributed by atoms with van der Waals surface area (Å²) in [5.74, 6) is 0.397. The predicted octanol–water partition coefficient (Wildman–Crippen LogP) is 2.81. The highest BCUT2D eigenvalue weighted by Crippen LogP contribution is 2.33. The van der Waals surface area contributed by atoms with Crippen molar-refractivity contribution in [3.63, 3.8) is 0 Å². The molecule has 0 aliphatic rings. The van der Waals surface area contributed by atoms with Crippen molar-refractivity contribution >= 4 is 27.5 Å². The molecule has 37 heavy (non-hydrogen) atoms. The fourth-order valence-corrected chi connectivity index (χ4v) is 4.45. The van der Waals surface area contributed by atoms with Gasteiger partial charge in [-0.25, -0.2) is 8.42 Å². The van der Waals surface area contributed by atoms with Crippen molar-refractivity contribution in [2.24, 2.45) is 0 Å². The Kier molecular flexibility index (Phi) is 10.6. The Bertz CT molecular complexity index is 1190. The van der Waals surface area contributed by atoms with Crippen LogP contribution in [0, 0.1) is 0 Å². The SMILES string of the molecule is CC[C@@H](C)NC(=O)[C@H](C)N(Cc1cccc(OC)c1)C(=O)CN(c1ccc(OC)cc1OC)S(C)(=O)=O. The third kappa shape index (κ3) is 8.01. The molecule has 0 fully saturated rings. The second-order valence-electron chi connectivity index (χ2n) is 8.67. The van der Waals surface area contributed by atoms with Gasteiger partial charge in [-0.2, -0.15) is 0 Å². The van der Waals surface area contributed by atoms with Crippen LogP contribution in [0.15, 0.2) is 42.5 Å². The summed E-state index contributed by atoms with van der Waals surface area (Å²) in [6.07, 6.45) is 1.73. The molecular formula is C26H37N3O7S. The highest BCUT2D eigenvalue weighted by Gasteiger charge is 2.31. The van der Waals surface area contributed by atoms with Crippen LogP contribution < -0.4 is 23.8 Å². The van der Waals surface area contributed by atoms with E-state index >= 15 is 0 Å². The predicted molar refractivity (Wildman–Crippen MR) is 143 cm³/mol. The second-order valence-corrected chi connectivity index (χ2v) is 10.6. The van der Waals surface area contributed by atoms with Crippen molar-refractivity contribution < 1.29 is 32.2 Å². The van der Waals surface area contributed by atoms with Gasteiger partial charge in [-0.05, 0) is 50.1 Å². The Labute approximate surface area is 219 Å². The lowest BCUT2D eigenvalue weighted by atomic mass is 10.1. The number of methoxy groups -OCH3 is 3. The quantitative estimate of drug-likeness (QED) is 0.419. The Morgan fingerprint density at radius 1 is 0.973 bits per heavy atom. The number of anilines is 1. The minimum atomic E-state index is -3.91. The lowest BCUT2D eigenvalue weighted by Gasteiger charge is -2.32. The smallest absolute Gasteiger partial charge is 0.244 e. The summed E-state index contributed by atoms with van der Waals surface area (Å²) in [6.45, 7) is 4.98. The Hall–Kier alpha value is -3.47. The molecule has 2 atom stereocenters. The normalized spacial score (nSPS) is 12.7. The zero-order valence-corrected chi connectivity index (χ0v) is 23.3. The minimum Gasteiger partial charge on any atom is -0.497 e. The third-order valence-corrected chi connectivity index (χ3v) is 7.12. The second kappa shape index (κ2) is 13.2. The molecule has 0 saturated carbocycles. The summed E-state index contributed by atoms with van der Waals surface area (Å²) in [7, 11) is 0.512. The average molecular weight is 536 g/mol. The Morgan fingerprint density at radius 3 is 2.19 bits per heavy atom. The Morgan fingerprint density at radius 2 is 1.62 bits per heavy atom. The van der Waals surface area contributed by atoms with Gasteiger partial charge in [-0.15, -0.1) is 0 Å². The van der Waals surface area contributed by atoms with E-state index < -0.39 is 28.5 Å². The number of ether oxygens (including phenoxy) is 3. The van der Waals surface area contributed by atoms with E-state index in [1.807, 2.05) is 19.9 Å². The van der Waals surface area contributed by atoms with Crippen LogP contribution in [0.4, 0.5) is 5.69 Å². The molecule has 0 bridgehead atoms. The standard InChI is InChI=1S/C26H37N3O7S/c1-8-18(2)27-26(31)19(3)28(16-20-10-9-11-21(14-20)34-4)25(30)17-29(37(7,32)33)23-13-12-22(35-5)15-24(23)36-6/h9-15,18-19H,8,16-17H2,1-7H3,(H,27,31)/t18-,19+/m1/s1. The van der Waals surface area contributed by atoms with Gasteiger partial charge in [-0.1, -0.05) is 19.1 Å². The van der Waals surface area contributed by atoms with E-state index in [1.165, 1.54) is 38.4 Å². The maximum atomic E-state index is 13.7. The molecular weight excluding hydrogens is 498 g/mol. The molecule has 1 N–H and O–H groups in total. The van der Waals surface area contributed by atoms with Crippen LogP contribution in [-0.2, 0) is 26.2 Å². The van der Waals surface area contributed by atoms with Crippen molar-refractivity contribution in [2.75, 3.05) is 38.4 Å². The number of nitrogens with one attached hydrogen (secondary N) is 1. The fraction of sp³-hybridized carbons (Fsp3) is 0.462. The van der Waals surface area contributed by atoms with Crippen LogP contribution in [0.25, 0.3) is 0 Å². The van der Waals surface area contributed by atoms with Crippen molar-refractivity contribution in [1.29, 1.82) is 0 Å². The molecule has 2 rings (SSSR count). The number of amides is 2. The molecule has 2 amide bonds. The van der Waals surface area contributed by atoms with Crippen LogP contribution in [0.2, 0.25) is 0 Å². The lowest BCUT2D eigenvalue weighted by molar-refractivity contribution is -0.139. The first-order chi connectivity index (χ1) is 17.4. The van der Waals surface area contributed by atoms with E-state index in [2.05, 4.69) is 5.32 Å². The van der Waals surface area contributed by atoms with E-state index in [1.54, 1.807) is 31.2 Å². The maximum absolute atomic E-state index is 13.7. The molecule has 11 heteroatoms. The van der Waals surface area contributed by atoms with E-state index in [4.69, 9.17) is 14.2 Å². The summed E-state index contributed by atoms with van der Waals surface area (Å²) >= 11 is 0. The molecule has 0 aliphatic carbocycles. The van der Waals surface area contributed by atoms with Crippen LogP contribution in [0.1, 0.15) is 32.8 Å². The van der Waals surface area contributed by atoms with Gasteiger partial charge in [0.1, 0.15) is 29.8 Å². The van der Waals surface area contributed by atoms with Crippen LogP contribution >= 0.6 is 0 Å². The number of rotatable bonds is 13. The number of benzene rings is 2. The number of carbonyl (C=O) groups excluding carboxylic acids is 2. The number of carbonyl (C=O) groups is 2. The molecule has 204 valence electrons. The Balaban J connectivity index is 2.47. The molecule has 0 unspecified atom stereocenters. The average Bonchev–Trinajstić information content (AvgIpc) is 2.88. The highest BCUT2D eigenvalue weighted by molar-refractivity contribution is 7.92. The zero-order valence-electron chi connectivity index (χ0n) is 22.5. The van der Waals surface area contributed by atoms with Crippen LogP contribution in [0.5, 0.6) is 17.2 Å². The number of sulfonamides is 1. The van der Waals surface area contributed by atoms with E-state index in [0.717, 1.165) is 22.5 Å². The molecule has 10 nitrogen and oxygen atoms in total. The van der Waals surface area contributed by atoms with Crippen molar-refractivity contribution in [3.8, 4) is 17.2 Å². The van der Waals surface area contributed by atoms with E-state index in [9.17, 15) is 18.0 Å². The minimum absolute atomic E-state index is 0.0719. The van der Waals surface area contributed by atoms with Crippen LogP contribution in [-0.4, -0.2) is 71.3 Å². The van der Waals surface area contributed by atoms with Gasteiger partial charge in [0, 0.05) is 18.7 Å². The van der Waals surface area contributed by atoms with Gasteiger partial charge in [-0.3, -0.25) is 13.9 Å². The van der Waals surface area contributed by atoms with Gasteiger partial charge < -0.3 is 24.4 Å². The lowest BCUT2D eigenvalue weighted by Crippen LogP contribution is -2.52. The van der Waals surface area contributed by atoms with E-state index in [-0.39, 0.29) is 29.9 Å². The van der Waals surface area contributed by atoms with E-state index in [0.29, 0.717) is 11.5 Å². The summed E-state index contributed by atoms with van der Waals surface area (Å²) in [6, 6.07) is 10.8. The van der Waals surface area contributed by atoms with Crippen LogP contribution in [0.3, 0.4) is 0 Å². The van der Waals surface area contributed by atoms with Crippen molar-refractivity contribution in [1.82, 2.24) is 10.2 Å². The summed E-state index contributed by atoms with van der Waals surface area (Å²) in [4.78, 5) is 28.1. The maximum Gasteiger partial charge on any atom is 0.244 e. The largest absolute Gasteiger partial charge is 0.497 e. The monoisotopic (exact) mass is 535 g/mol. The van der Waals surface area contributed by atoms with Gasteiger partial charge >= 0.3 is 0 Å². The summed E-state index contributed by atoms with van der Waals surface area (Å²) < 4.78 is 42.5. The molecule has 0 aromatic heterocycles. The van der Waals surface area contributed by atoms with Gasteiger partial charge in [0.2, 0.25) is 21.8 Å². The fourth-order valence-electron chi connectivity index (χ4n) is 3.60. The highest BCUT2D eigenvalue weighted by atomic mass is 32.2.